The second kappa shape index (κ2) is 3.49. The predicted octanol–water partition coefficient (Wildman–Crippen LogP) is 1.31. The van der Waals surface area contributed by atoms with Crippen LogP contribution in [-0.4, -0.2) is 22.4 Å². The molecule has 0 unspecified atom stereocenters. The van der Waals surface area contributed by atoms with Gasteiger partial charge in [-0.25, -0.2) is 4.98 Å². The number of nitrogens with one attached hydrogen (secondary N) is 1. The Labute approximate surface area is 80.6 Å². The van der Waals surface area contributed by atoms with Gasteiger partial charge in [-0.3, -0.25) is 0 Å². The minimum atomic E-state index is -2.17. The van der Waals surface area contributed by atoms with Crippen LogP contribution >= 0.6 is 11.5 Å². The first kappa shape index (κ1) is 5.29. The minimum Gasteiger partial charge on any atom is -0.316 e. The van der Waals surface area contributed by atoms with Crippen molar-refractivity contribution in [3.8, 4) is 0 Å². The fourth-order valence-corrected chi connectivity index (χ4v) is 2.16. The molecule has 0 bridgehead atoms. The van der Waals surface area contributed by atoms with Crippen molar-refractivity contribution in [2.45, 2.75) is 25.6 Å². The Hall–Kier alpha value is -0.480. The highest BCUT2D eigenvalue weighted by Crippen LogP contribution is 2.23. The van der Waals surface area contributed by atoms with Gasteiger partial charge >= 0.3 is 0 Å². The molecule has 0 saturated carbocycles. The van der Waals surface area contributed by atoms with Crippen LogP contribution in [0.5, 0.6) is 0 Å². The fraction of sp³-hybridized carbons (Fsp3) is 0.750. The molecule has 1 saturated heterocycles. The van der Waals surface area contributed by atoms with Crippen LogP contribution in [0.15, 0.2) is 0 Å². The highest BCUT2D eigenvalue weighted by Gasteiger charge is 2.18. The highest BCUT2D eigenvalue weighted by atomic mass is 32.1. The molecule has 1 atom stereocenters. The number of hydrogen-bond acceptors (Lipinski definition) is 4. The number of aromatic nitrogens is 2. The maximum absolute atomic E-state index is 7.20. The third-order valence-corrected chi connectivity index (χ3v) is 2.96. The molecule has 1 aliphatic rings. The van der Waals surface area contributed by atoms with Crippen molar-refractivity contribution >= 4 is 11.5 Å². The summed E-state index contributed by atoms with van der Waals surface area (Å²) in [4.78, 5) is 4.11. The molecule has 12 heavy (non-hydrogen) atoms. The molecule has 4 heteroatoms. The lowest BCUT2D eigenvalue weighted by Crippen LogP contribution is -2.28. The average Bonchev–Trinajstić information content (AvgIpc) is 2.67. The van der Waals surface area contributed by atoms with E-state index in [1.54, 1.807) is 0 Å². The van der Waals surface area contributed by atoms with E-state index >= 15 is 0 Å². The van der Waals surface area contributed by atoms with Crippen LogP contribution in [0.2, 0.25) is 0 Å². The smallest absolute Gasteiger partial charge is 0.139 e. The first-order chi connectivity index (χ1) is 7.07. The van der Waals surface area contributed by atoms with E-state index in [2.05, 4.69) is 14.7 Å². The topological polar surface area (TPSA) is 37.8 Å². The summed E-state index contributed by atoms with van der Waals surface area (Å²) in [6, 6.07) is 0. The average molecular weight is 186 g/mol. The van der Waals surface area contributed by atoms with Crippen molar-refractivity contribution in [3.05, 3.63) is 10.8 Å². The molecule has 0 aliphatic carbocycles. The van der Waals surface area contributed by atoms with Crippen LogP contribution in [0.4, 0.5) is 0 Å². The van der Waals surface area contributed by atoms with Gasteiger partial charge in [0.2, 0.25) is 0 Å². The summed E-state index contributed by atoms with van der Waals surface area (Å²) >= 11 is 1.22. The van der Waals surface area contributed by atoms with E-state index in [-0.39, 0.29) is 5.82 Å². The summed E-state index contributed by atoms with van der Waals surface area (Å²) in [7, 11) is 0. The standard InChI is InChI=1S/C8H13N3S/c1-6-10-8(12-11-6)7-3-2-4-9-5-7/h7,9H,2-5H2,1H3/t7-/m1/s1/i1D3. The number of hydrogen-bond donors (Lipinski definition) is 1. The van der Waals surface area contributed by atoms with Gasteiger partial charge in [0.25, 0.3) is 0 Å². The Morgan fingerprint density at radius 3 is 3.42 bits per heavy atom. The van der Waals surface area contributed by atoms with E-state index < -0.39 is 6.85 Å². The number of piperidine rings is 1. The molecule has 0 amide bonds. The first-order valence-electron chi connectivity index (χ1n) is 5.62. The lowest BCUT2D eigenvalue weighted by molar-refractivity contribution is 0.460. The maximum atomic E-state index is 7.20. The van der Waals surface area contributed by atoms with Gasteiger partial charge < -0.3 is 5.32 Å². The summed E-state index contributed by atoms with van der Waals surface area (Å²) in [5, 5.41) is 4.13. The maximum Gasteiger partial charge on any atom is 0.139 e. The number of nitrogens with zero attached hydrogens (tertiary/aromatic N) is 2. The number of rotatable bonds is 1. The zero-order chi connectivity index (χ0) is 10.9. The fourth-order valence-electron chi connectivity index (χ4n) is 1.46. The lowest BCUT2D eigenvalue weighted by Gasteiger charge is -2.19. The number of aryl methyl sites for hydroxylation is 1. The van der Waals surface area contributed by atoms with Crippen molar-refractivity contribution in [2.75, 3.05) is 13.1 Å². The van der Waals surface area contributed by atoms with E-state index in [0.717, 1.165) is 30.9 Å². The molecule has 0 radical (unpaired) electrons. The molecule has 1 aliphatic heterocycles. The van der Waals surface area contributed by atoms with Crippen molar-refractivity contribution in [1.82, 2.24) is 14.7 Å². The second-order valence-electron chi connectivity index (χ2n) is 3.00. The van der Waals surface area contributed by atoms with Crippen LogP contribution in [0, 0.1) is 6.85 Å². The van der Waals surface area contributed by atoms with Gasteiger partial charge in [-0.05, 0) is 37.8 Å². The lowest BCUT2D eigenvalue weighted by atomic mass is 10.0. The molecule has 1 aromatic heterocycles. The van der Waals surface area contributed by atoms with Gasteiger partial charge in [0.05, 0.1) is 0 Å². The predicted molar refractivity (Wildman–Crippen MR) is 49.5 cm³/mol. The van der Waals surface area contributed by atoms with E-state index in [4.69, 9.17) is 4.11 Å². The molecule has 1 N–H and O–H groups in total. The Kier molecular flexibility index (Phi) is 1.54. The molecule has 2 heterocycles. The van der Waals surface area contributed by atoms with Crippen LogP contribution in [0.3, 0.4) is 0 Å². The van der Waals surface area contributed by atoms with Crippen molar-refractivity contribution in [3.63, 3.8) is 0 Å². The van der Waals surface area contributed by atoms with Crippen LogP contribution in [0.25, 0.3) is 0 Å². The molecule has 0 spiro atoms. The quantitative estimate of drug-likeness (QED) is 0.718. The highest BCUT2D eigenvalue weighted by molar-refractivity contribution is 7.05. The Bertz CT molecular complexity index is 330. The summed E-state index contributed by atoms with van der Waals surface area (Å²) < 4.78 is 25.5. The summed E-state index contributed by atoms with van der Waals surface area (Å²) in [5.41, 5.74) is 0. The monoisotopic (exact) mass is 186 g/mol. The normalized spacial score (nSPS) is 29.0. The van der Waals surface area contributed by atoms with Gasteiger partial charge in [0.1, 0.15) is 10.8 Å². The van der Waals surface area contributed by atoms with E-state index in [9.17, 15) is 0 Å². The summed E-state index contributed by atoms with van der Waals surface area (Å²) in [6.07, 6.45) is 2.19. The van der Waals surface area contributed by atoms with Crippen molar-refractivity contribution < 1.29 is 4.11 Å². The molecule has 0 aromatic carbocycles. The van der Waals surface area contributed by atoms with Crippen molar-refractivity contribution in [1.29, 1.82) is 0 Å². The van der Waals surface area contributed by atoms with E-state index in [1.165, 1.54) is 11.5 Å². The van der Waals surface area contributed by atoms with Gasteiger partial charge in [-0.15, -0.1) is 0 Å². The Balaban J connectivity index is 2.12. The SMILES string of the molecule is [2H]C([2H])([2H])c1nsc([C@@H]2CCCNC2)n1. The van der Waals surface area contributed by atoms with E-state index in [0.29, 0.717) is 5.92 Å². The molecular formula is C8H13N3S. The molecule has 2 rings (SSSR count). The molecule has 1 aromatic rings. The van der Waals surface area contributed by atoms with Gasteiger partial charge in [0.15, 0.2) is 0 Å². The largest absolute Gasteiger partial charge is 0.316 e. The third kappa shape index (κ3) is 1.64. The van der Waals surface area contributed by atoms with Gasteiger partial charge in [-0.1, -0.05) is 0 Å². The molecule has 66 valence electrons. The molecule has 1 fully saturated rings. The van der Waals surface area contributed by atoms with E-state index in [1.807, 2.05) is 0 Å². The van der Waals surface area contributed by atoms with Gasteiger partial charge in [0, 0.05) is 16.6 Å². The van der Waals surface area contributed by atoms with Gasteiger partial charge in [-0.2, -0.15) is 4.37 Å². The third-order valence-electron chi connectivity index (χ3n) is 2.09. The zero-order valence-corrected chi connectivity index (χ0v) is 7.52. The van der Waals surface area contributed by atoms with Crippen LogP contribution in [0.1, 0.15) is 33.7 Å². The summed E-state index contributed by atoms with van der Waals surface area (Å²) in [6.45, 7) is -0.242. The van der Waals surface area contributed by atoms with Crippen molar-refractivity contribution in [2.24, 2.45) is 0 Å². The van der Waals surface area contributed by atoms with Crippen LogP contribution < -0.4 is 5.32 Å². The van der Waals surface area contributed by atoms with Crippen LogP contribution in [-0.2, 0) is 0 Å². The molecular weight excluding hydrogens is 170 g/mol. The minimum absolute atomic E-state index is 0.00641. The zero-order valence-electron chi connectivity index (χ0n) is 9.71. The molecule has 3 nitrogen and oxygen atoms in total. The second-order valence-corrected chi connectivity index (χ2v) is 3.78. The Morgan fingerprint density at radius 2 is 2.75 bits per heavy atom. The Morgan fingerprint density at radius 1 is 1.75 bits per heavy atom. The summed E-state index contributed by atoms with van der Waals surface area (Å²) in [5.74, 6) is 0.334. The first-order valence-corrected chi connectivity index (χ1v) is 4.89.